The molecule has 0 saturated heterocycles. The maximum Gasteiger partial charge on any atom is 0.124 e. The molecule has 1 aliphatic rings. The van der Waals surface area contributed by atoms with Gasteiger partial charge in [-0.1, -0.05) is 17.7 Å². The largest absolute Gasteiger partial charge is 0.385 e. The van der Waals surface area contributed by atoms with Crippen molar-refractivity contribution in [1.29, 1.82) is 0 Å². The Morgan fingerprint density at radius 3 is 3.05 bits per heavy atom. The molecule has 4 heteroatoms. The third kappa shape index (κ3) is 1.98. The fourth-order valence-electron chi connectivity index (χ4n) is 2.65. The van der Waals surface area contributed by atoms with Gasteiger partial charge in [-0.15, -0.1) is 11.3 Å². The zero-order valence-electron chi connectivity index (χ0n) is 10.8. The third-order valence-electron chi connectivity index (χ3n) is 3.66. The first-order valence-corrected chi connectivity index (χ1v) is 7.93. The van der Waals surface area contributed by atoms with Crippen LogP contribution in [0.4, 0.5) is 5.69 Å². The number of benzene rings is 2. The lowest BCUT2D eigenvalue weighted by molar-refractivity contribution is 0.830. The van der Waals surface area contributed by atoms with E-state index in [-0.39, 0.29) is 0 Å². The van der Waals surface area contributed by atoms with Crippen LogP contribution < -0.4 is 5.32 Å². The average Bonchev–Trinajstić information content (AvgIpc) is 2.92. The highest BCUT2D eigenvalue weighted by molar-refractivity contribution is 7.22. The van der Waals surface area contributed by atoms with Crippen molar-refractivity contribution in [2.24, 2.45) is 0 Å². The SMILES string of the molecule is Clc1cccc2nc(-c3ccc4c(c3)CCCN4)sc12. The highest BCUT2D eigenvalue weighted by atomic mass is 35.5. The van der Waals surface area contributed by atoms with Gasteiger partial charge in [-0.25, -0.2) is 4.98 Å². The van der Waals surface area contributed by atoms with E-state index in [9.17, 15) is 0 Å². The van der Waals surface area contributed by atoms with Crippen LogP contribution in [-0.2, 0) is 6.42 Å². The topological polar surface area (TPSA) is 24.9 Å². The molecule has 2 heterocycles. The standard InChI is InChI=1S/C16H13ClN2S/c17-12-4-1-5-14-15(12)20-16(19-14)11-6-7-13-10(9-11)3-2-8-18-13/h1,4-7,9,18H,2-3,8H2. The normalized spacial score (nSPS) is 14.1. The molecule has 20 heavy (non-hydrogen) atoms. The molecule has 0 amide bonds. The van der Waals surface area contributed by atoms with E-state index in [0.717, 1.165) is 33.2 Å². The number of rotatable bonds is 1. The maximum absolute atomic E-state index is 6.23. The number of anilines is 1. The van der Waals surface area contributed by atoms with Crippen LogP contribution in [0.1, 0.15) is 12.0 Å². The number of aromatic nitrogens is 1. The molecule has 0 unspecified atom stereocenters. The minimum absolute atomic E-state index is 0.783. The molecule has 2 nitrogen and oxygen atoms in total. The number of nitrogens with one attached hydrogen (secondary N) is 1. The van der Waals surface area contributed by atoms with Gasteiger partial charge >= 0.3 is 0 Å². The summed E-state index contributed by atoms with van der Waals surface area (Å²) in [6.07, 6.45) is 2.34. The van der Waals surface area contributed by atoms with Gasteiger partial charge in [0.1, 0.15) is 5.01 Å². The van der Waals surface area contributed by atoms with E-state index >= 15 is 0 Å². The summed E-state index contributed by atoms with van der Waals surface area (Å²) in [5.41, 5.74) is 4.82. The number of aryl methyl sites for hydroxylation is 1. The molecule has 4 rings (SSSR count). The van der Waals surface area contributed by atoms with E-state index in [0.29, 0.717) is 0 Å². The Morgan fingerprint density at radius 2 is 2.15 bits per heavy atom. The second kappa shape index (κ2) is 4.76. The number of hydrogen-bond acceptors (Lipinski definition) is 3. The first kappa shape index (κ1) is 12.2. The molecule has 3 aromatic rings. The highest BCUT2D eigenvalue weighted by Gasteiger charge is 2.12. The summed E-state index contributed by atoms with van der Waals surface area (Å²) in [6, 6.07) is 12.4. The van der Waals surface area contributed by atoms with Gasteiger partial charge in [-0.05, 0) is 48.7 Å². The zero-order valence-corrected chi connectivity index (χ0v) is 12.4. The molecule has 0 radical (unpaired) electrons. The predicted molar refractivity (Wildman–Crippen MR) is 86.9 cm³/mol. The lowest BCUT2D eigenvalue weighted by Crippen LogP contribution is -2.11. The smallest absolute Gasteiger partial charge is 0.124 e. The average molecular weight is 301 g/mol. The number of thiazole rings is 1. The van der Waals surface area contributed by atoms with E-state index < -0.39 is 0 Å². The van der Waals surface area contributed by atoms with E-state index in [1.54, 1.807) is 11.3 Å². The Morgan fingerprint density at radius 1 is 1.20 bits per heavy atom. The van der Waals surface area contributed by atoms with Crippen molar-refractivity contribution < 1.29 is 0 Å². The Balaban J connectivity index is 1.84. The summed E-state index contributed by atoms with van der Waals surface area (Å²) in [5.74, 6) is 0. The van der Waals surface area contributed by atoms with Gasteiger partial charge in [-0.2, -0.15) is 0 Å². The lowest BCUT2D eigenvalue weighted by Gasteiger charge is -2.18. The van der Waals surface area contributed by atoms with Crippen LogP contribution in [0.5, 0.6) is 0 Å². The summed E-state index contributed by atoms with van der Waals surface area (Å²) >= 11 is 7.90. The minimum atomic E-state index is 0.783. The molecule has 1 N–H and O–H groups in total. The first-order chi connectivity index (χ1) is 9.81. The van der Waals surface area contributed by atoms with Gasteiger partial charge in [0.05, 0.1) is 15.2 Å². The summed E-state index contributed by atoms with van der Waals surface area (Å²) in [7, 11) is 0. The van der Waals surface area contributed by atoms with Gasteiger partial charge in [0.15, 0.2) is 0 Å². The fourth-order valence-corrected chi connectivity index (χ4v) is 3.90. The molecular weight excluding hydrogens is 288 g/mol. The molecule has 0 atom stereocenters. The van der Waals surface area contributed by atoms with Crippen LogP contribution in [0.3, 0.4) is 0 Å². The van der Waals surface area contributed by atoms with Crippen LogP contribution >= 0.6 is 22.9 Å². The van der Waals surface area contributed by atoms with E-state index in [4.69, 9.17) is 16.6 Å². The molecule has 100 valence electrons. The van der Waals surface area contributed by atoms with Crippen molar-refractivity contribution in [3.05, 3.63) is 47.0 Å². The Hall–Kier alpha value is -1.58. The van der Waals surface area contributed by atoms with E-state index in [1.807, 2.05) is 18.2 Å². The van der Waals surface area contributed by atoms with Gasteiger partial charge in [-0.3, -0.25) is 0 Å². The molecule has 0 saturated carbocycles. The van der Waals surface area contributed by atoms with Crippen LogP contribution in [-0.4, -0.2) is 11.5 Å². The quantitative estimate of drug-likeness (QED) is 0.686. The maximum atomic E-state index is 6.23. The Labute approximate surface area is 126 Å². The molecule has 0 aliphatic carbocycles. The van der Waals surface area contributed by atoms with Gasteiger partial charge in [0.2, 0.25) is 0 Å². The monoisotopic (exact) mass is 300 g/mol. The first-order valence-electron chi connectivity index (χ1n) is 6.73. The summed E-state index contributed by atoms with van der Waals surface area (Å²) < 4.78 is 1.07. The van der Waals surface area contributed by atoms with E-state index in [1.165, 1.54) is 23.2 Å². The number of fused-ring (bicyclic) bond motifs is 2. The molecule has 2 aromatic carbocycles. The Bertz CT molecular complexity index is 794. The zero-order chi connectivity index (χ0) is 13.5. The third-order valence-corrected chi connectivity index (χ3v) is 5.24. The van der Waals surface area contributed by atoms with Crippen LogP contribution in [0, 0.1) is 0 Å². The predicted octanol–water partition coefficient (Wildman–Crippen LogP) is 4.97. The second-order valence-corrected chi connectivity index (χ2v) is 6.42. The van der Waals surface area contributed by atoms with Crippen molar-refractivity contribution in [1.82, 2.24) is 4.98 Å². The number of nitrogens with zero attached hydrogens (tertiary/aromatic N) is 1. The van der Waals surface area contributed by atoms with Crippen molar-refractivity contribution in [3.8, 4) is 10.6 Å². The minimum Gasteiger partial charge on any atom is -0.385 e. The summed E-state index contributed by atoms with van der Waals surface area (Å²) in [4.78, 5) is 4.71. The van der Waals surface area contributed by atoms with Gasteiger partial charge < -0.3 is 5.32 Å². The molecule has 1 aliphatic heterocycles. The fraction of sp³-hybridized carbons (Fsp3) is 0.188. The summed E-state index contributed by atoms with van der Waals surface area (Å²) in [5, 5.41) is 5.27. The highest BCUT2D eigenvalue weighted by Crippen LogP contribution is 2.36. The van der Waals surface area contributed by atoms with Crippen molar-refractivity contribution in [2.45, 2.75) is 12.8 Å². The Kier molecular flexibility index (Phi) is 2.90. The molecule has 1 aromatic heterocycles. The second-order valence-electron chi connectivity index (χ2n) is 5.01. The number of halogens is 1. The number of hydrogen-bond donors (Lipinski definition) is 1. The molecular formula is C16H13ClN2S. The molecule has 0 fully saturated rings. The van der Waals surface area contributed by atoms with Gasteiger partial charge in [0.25, 0.3) is 0 Å². The summed E-state index contributed by atoms with van der Waals surface area (Å²) in [6.45, 7) is 1.07. The van der Waals surface area contributed by atoms with Crippen molar-refractivity contribution in [2.75, 3.05) is 11.9 Å². The lowest BCUT2D eigenvalue weighted by atomic mass is 10.0. The van der Waals surface area contributed by atoms with Crippen LogP contribution in [0.25, 0.3) is 20.8 Å². The van der Waals surface area contributed by atoms with Gasteiger partial charge in [0, 0.05) is 17.8 Å². The van der Waals surface area contributed by atoms with Crippen molar-refractivity contribution >= 4 is 38.8 Å². The van der Waals surface area contributed by atoms with Crippen LogP contribution in [0.2, 0.25) is 5.02 Å². The van der Waals surface area contributed by atoms with Crippen molar-refractivity contribution in [3.63, 3.8) is 0 Å². The van der Waals surface area contributed by atoms with Crippen LogP contribution in [0.15, 0.2) is 36.4 Å². The molecule has 0 bridgehead atoms. The molecule has 0 spiro atoms. The van der Waals surface area contributed by atoms with E-state index in [2.05, 4.69) is 23.5 Å².